The summed E-state index contributed by atoms with van der Waals surface area (Å²) >= 11 is 0. The molecule has 0 saturated carbocycles. The fraction of sp³-hybridized carbons (Fsp3) is 0.200. The Balaban J connectivity index is 1.90. The van der Waals surface area contributed by atoms with Crippen LogP contribution in [0.3, 0.4) is 0 Å². The van der Waals surface area contributed by atoms with Crippen molar-refractivity contribution < 1.29 is 19.0 Å². The number of benzene rings is 2. The van der Waals surface area contributed by atoms with Gasteiger partial charge in [0.05, 0.1) is 13.7 Å². The first kappa shape index (κ1) is 16.1. The first-order valence-electron chi connectivity index (χ1n) is 7.83. The van der Waals surface area contributed by atoms with Crippen molar-refractivity contribution in [3.05, 3.63) is 54.6 Å². The minimum absolute atomic E-state index is 0.131. The summed E-state index contributed by atoms with van der Waals surface area (Å²) in [6.45, 7) is 4.47. The van der Waals surface area contributed by atoms with Gasteiger partial charge in [-0.1, -0.05) is 12.7 Å². The maximum Gasteiger partial charge on any atom is 0.142 e. The molecule has 0 aliphatic rings. The molecule has 2 aromatic carbocycles. The predicted molar refractivity (Wildman–Crippen MR) is 95.5 cm³/mol. The van der Waals surface area contributed by atoms with Crippen LogP contribution in [0.15, 0.2) is 53.5 Å². The topological polar surface area (TPSA) is 51.8 Å². The minimum Gasteiger partial charge on any atom is -0.497 e. The zero-order valence-corrected chi connectivity index (χ0v) is 13.6. The molecule has 3 rings (SSSR count). The van der Waals surface area contributed by atoms with Crippen molar-refractivity contribution >= 4 is 17.0 Å². The van der Waals surface area contributed by atoms with E-state index in [1.54, 1.807) is 13.2 Å². The Bertz CT molecular complexity index is 831. The van der Waals surface area contributed by atoms with E-state index in [1.165, 1.54) is 0 Å². The van der Waals surface area contributed by atoms with Crippen molar-refractivity contribution in [1.29, 1.82) is 0 Å². The van der Waals surface area contributed by atoms with Gasteiger partial charge in [0, 0.05) is 29.5 Å². The fourth-order valence-corrected chi connectivity index (χ4v) is 2.53. The van der Waals surface area contributed by atoms with Crippen molar-refractivity contribution in [2.24, 2.45) is 0 Å². The van der Waals surface area contributed by atoms with Gasteiger partial charge in [0.2, 0.25) is 0 Å². The Kier molecular flexibility index (Phi) is 4.87. The van der Waals surface area contributed by atoms with Crippen LogP contribution < -0.4 is 9.47 Å². The molecule has 4 heteroatoms. The van der Waals surface area contributed by atoms with Crippen LogP contribution in [0.4, 0.5) is 0 Å². The predicted octanol–water partition coefficient (Wildman–Crippen LogP) is 4.51. The highest BCUT2D eigenvalue weighted by Gasteiger charge is 2.11. The van der Waals surface area contributed by atoms with Crippen LogP contribution in [0.25, 0.3) is 28.4 Å². The number of furan rings is 1. The van der Waals surface area contributed by atoms with Crippen LogP contribution in [0.5, 0.6) is 11.5 Å². The molecule has 1 heterocycles. The summed E-state index contributed by atoms with van der Waals surface area (Å²) in [5.41, 5.74) is 2.67. The summed E-state index contributed by atoms with van der Waals surface area (Å²) in [6, 6.07) is 13.5. The number of ether oxygens (including phenoxy) is 2. The van der Waals surface area contributed by atoms with E-state index in [1.807, 2.05) is 42.5 Å². The summed E-state index contributed by atoms with van der Waals surface area (Å²) in [4.78, 5) is 0. The van der Waals surface area contributed by atoms with Crippen LogP contribution >= 0.6 is 0 Å². The van der Waals surface area contributed by atoms with E-state index < -0.39 is 0 Å². The molecule has 3 aromatic rings. The summed E-state index contributed by atoms with van der Waals surface area (Å²) in [5, 5.41) is 9.75. The Labute approximate surface area is 140 Å². The molecule has 0 spiro atoms. The summed E-state index contributed by atoms with van der Waals surface area (Å²) in [5.74, 6) is 2.33. The monoisotopic (exact) mass is 324 g/mol. The molecule has 0 bridgehead atoms. The van der Waals surface area contributed by atoms with Crippen molar-refractivity contribution in [3.8, 4) is 22.8 Å². The largest absolute Gasteiger partial charge is 0.497 e. The number of hydrogen-bond donors (Lipinski definition) is 1. The third-order valence-electron chi connectivity index (χ3n) is 3.78. The highest BCUT2D eigenvalue weighted by atomic mass is 16.5. The van der Waals surface area contributed by atoms with Crippen LogP contribution in [-0.4, -0.2) is 25.4 Å². The van der Waals surface area contributed by atoms with Gasteiger partial charge in [0.25, 0.3) is 0 Å². The molecule has 0 saturated heterocycles. The number of methoxy groups -OCH3 is 1. The minimum atomic E-state index is 0.131. The molecular formula is C20H20O4. The highest BCUT2D eigenvalue weighted by Crippen LogP contribution is 2.34. The van der Waals surface area contributed by atoms with E-state index in [9.17, 15) is 0 Å². The smallest absolute Gasteiger partial charge is 0.142 e. The highest BCUT2D eigenvalue weighted by molar-refractivity contribution is 5.90. The molecule has 0 aliphatic carbocycles. The standard InChI is InChI=1S/C20H20O4/c1-3-14-11-18(22-2)12-16-13-19(24-20(14)16)15-5-7-17(8-6-15)23-10-4-9-21/h3,5-8,11-13,21H,1,4,9-10H2,2H3. The second-order valence-electron chi connectivity index (χ2n) is 5.40. The van der Waals surface area contributed by atoms with Crippen molar-refractivity contribution in [3.63, 3.8) is 0 Å². The average Bonchev–Trinajstić information content (AvgIpc) is 3.05. The Morgan fingerprint density at radius 3 is 2.58 bits per heavy atom. The third-order valence-corrected chi connectivity index (χ3v) is 3.78. The van der Waals surface area contributed by atoms with E-state index in [0.717, 1.165) is 39.4 Å². The van der Waals surface area contributed by atoms with Crippen LogP contribution in [-0.2, 0) is 0 Å². The van der Waals surface area contributed by atoms with Gasteiger partial charge in [-0.25, -0.2) is 0 Å². The molecular weight excluding hydrogens is 304 g/mol. The van der Waals surface area contributed by atoms with Crippen molar-refractivity contribution in [2.75, 3.05) is 20.3 Å². The Morgan fingerprint density at radius 1 is 1.12 bits per heavy atom. The van der Waals surface area contributed by atoms with E-state index in [0.29, 0.717) is 13.0 Å². The number of aliphatic hydroxyl groups is 1. The van der Waals surface area contributed by atoms with Crippen molar-refractivity contribution in [2.45, 2.75) is 6.42 Å². The first-order valence-corrected chi connectivity index (χ1v) is 7.83. The lowest BCUT2D eigenvalue weighted by Crippen LogP contribution is -1.99. The van der Waals surface area contributed by atoms with Gasteiger partial charge in [-0.15, -0.1) is 0 Å². The lowest BCUT2D eigenvalue weighted by Gasteiger charge is -2.05. The Morgan fingerprint density at radius 2 is 1.92 bits per heavy atom. The molecule has 0 aliphatic heterocycles. The van der Waals surface area contributed by atoms with Gasteiger partial charge in [-0.3, -0.25) is 0 Å². The van der Waals surface area contributed by atoms with E-state index >= 15 is 0 Å². The van der Waals surface area contributed by atoms with Gasteiger partial charge in [-0.05, 0) is 42.5 Å². The molecule has 124 valence electrons. The first-order chi connectivity index (χ1) is 11.7. The molecule has 0 fully saturated rings. The second-order valence-corrected chi connectivity index (χ2v) is 5.40. The van der Waals surface area contributed by atoms with Gasteiger partial charge in [-0.2, -0.15) is 0 Å². The summed E-state index contributed by atoms with van der Waals surface area (Å²) in [7, 11) is 1.64. The zero-order chi connectivity index (χ0) is 16.9. The Hall–Kier alpha value is -2.72. The van der Waals surface area contributed by atoms with Gasteiger partial charge in [0.1, 0.15) is 22.8 Å². The fourth-order valence-electron chi connectivity index (χ4n) is 2.53. The normalized spacial score (nSPS) is 10.8. The van der Waals surface area contributed by atoms with E-state index in [-0.39, 0.29) is 6.61 Å². The maximum atomic E-state index is 8.78. The second kappa shape index (κ2) is 7.23. The number of aliphatic hydroxyl groups excluding tert-OH is 1. The van der Waals surface area contributed by atoms with Crippen LogP contribution in [0, 0.1) is 0 Å². The number of fused-ring (bicyclic) bond motifs is 1. The third kappa shape index (κ3) is 3.29. The molecule has 1 N–H and O–H groups in total. The van der Waals surface area contributed by atoms with Gasteiger partial charge >= 0.3 is 0 Å². The average molecular weight is 324 g/mol. The molecule has 0 radical (unpaired) electrons. The molecule has 1 aromatic heterocycles. The SMILES string of the molecule is C=Cc1cc(OC)cc2cc(-c3ccc(OCCCO)cc3)oc12. The molecule has 24 heavy (non-hydrogen) atoms. The van der Waals surface area contributed by atoms with Crippen LogP contribution in [0.2, 0.25) is 0 Å². The number of rotatable bonds is 7. The lowest BCUT2D eigenvalue weighted by molar-refractivity contribution is 0.233. The maximum absolute atomic E-state index is 8.78. The molecule has 0 unspecified atom stereocenters. The molecule has 0 amide bonds. The van der Waals surface area contributed by atoms with E-state index in [2.05, 4.69) is 6.58 Å². The van der Waals surface area contributed by atoms with Gasteiger partial charge < -0.3 is 19.0 Å². The quantitative estimate of drug-likeness (QED) is 0.650. The van der Waals surface area contributed by atoms with E-state index in [4.69, 9.17) is 19.0 Å². The zero-order valence-electron chi connectivity index (χ0n) is 13.6. The number of hydrogen-bond acceptors (Lipinski definition) is 4. The summed E-state index contributed by atoms with van der Waals surface area (Å²) in [6.07, 6.45) is 2.38. The molecule has 0 atom stereocenters. The lowest BCUT2D eigenvalue weighted by atomic mass is 10.1. The van der Waals surface area contributed by atoms with Gasteiger partial charge in [0.15, 0.2) is 0 Å². The van der Waals surface area contributed by atoms with Crippen molar-refractivity contribution in [1.82, 2.24) is 0 Å². The molecule has 4 nitrogen and oxygen atoms in total. The van der Waals surface area contributed by atoms with Crippen LogP contribution in [0.1, 0.15) is 12.0 Å². The summed E-state index contributed by atoms with van der Waals surface area (Å²) < 4.78 is 16.9.